The van der Waals surface area contributed by atoms with Crippen molar-refractivity contribution >= 4 is 10.0 Å². The molecule has 0 aromatic heterocycles. The predicted octanol–water partition coefficient (Wildman–Crippen LogP) is 3.22. The van der Waals surface area contributed by atoms with Crippen LogP contribution in [0.15, 0.2) is 24.3 Å². The third-order valence-electron chi connectivity index (χ3n) is 4.11. The summed E-state index contributed by atoms with van der Waals surface area (Å²) in [4.78, 5) is 0. The van der Waals surface area contributed by atoms with Crippen LogP contribution in [0.3, 0.4) is 0 Å². The van der Waals surface area contributed by atoms with Gasteiger partial charge in [0.1, 0.15) is 5.75 Å². The molecule has 0 radical (unpaired) electrons. The number of nitrogens with zero attached hydrogens (tertiary/aromatic N) is 1. The first-order valence-electron chi connectivity index (χ1n) is 8.18. The lowest BCUT2D eigenvalue weighted by atomic mass is 10.0. The highest BCUT2D eigenvalue weighted by atomic mass is 32.2. The molecule has 22 heavy (non-hydrogen) atoms. The maximum absolute atomic E-state index is 12.3. The summed E-state index contributed by atoms with van der Waals surface area (Å²) in [5.41, 5.74) is 1.17. The summed E-state index contributed by atoms with van der Waals surface area (Å²) in [6, 6.07) is 7.98. The van der Waals surface area contributed by atoms with E-state index in [1.807, 2.05) is 38.1 Å². The summed E-state index contributed by atoms with van der Waals surface area (Å²) in [7, 11) is -3.09. The van der Waals surface area contributed by atoms with Crippen LogP contribution in [-0.2, 0) is 10.0 Å². The first-order chi connectivity index (χ1) is 10.5. The zero-order chi connectivity index (χ0) is 16.0. The standard InChI is InChI=1S/C17H27NO3S/c1-3-4-11-22(19,20)18-10-6-8-16(13-18)14-21-17-9-5-7-15(2)12-17/h5,7,9,12,16H,3-4,6,8,10-11,13-14H2,1-2H3. The Bertz CT molecular complexity index is 571. The van der Waals surface area contributed by atoms with Crippen LogP contribution in [0.25, 0.3) is 0 Å². The Hall–Kier alpha value is -1.07. The van der Waals surface area contributed by atoms with E-state index in [1.54, 1.807) is 4.31 Å². The SMILES string of the molecule is CCCCS(=O)(=O)N1CCCC(COc2cccc(C)c2)C1. The van der Waals surface area contributed by atoms with Crippen LogP contribution in [0.2, 0.25) is 0 Å². The van der Waals surface area contributed by atoms with E-state index in [0.717, 1.165) is 31.4 Å². The van der Waals surface area contributed by atoms with Crippen LogP contribution in [-0.4, -0.2) is 38.2 Å². The third-order valence-corrected chi connectivity index (χ3v) is 6.03. The average Bonchev–Trinajstić information content (AvgIpc) is 2.51. The zero-order valence-electron chi connectivity index (χ0n) is 13.6. The van der Waals surface area contributed by atoms with Gasteiger partial charge >= 0.3 is 0 Å². The summed E-state index contributed by atoms with van der Waals surface area (Å²) in [5.74, 6) is 1.42. The van der Waals surface area contributed by atoms with E-state index < -0.39 is 10.0 Å². The predicted molar refractivity (Wildman–Crippen MR) is 89.7 cm³/mol. The molecule has 1 saturated heterocycles. The van der Waals surface area contributed by atoms with E-state index in [4.69, 9.17) is 4.74 Å². The highest BCUT2D eigenvalue weighted by Crippen LogP contribution is 2.22. The second-order valence-corrected chi connectivity index (χ2v) is 8.25. The summed E-state index contributed by atoms with van der Waals surface area (Å²) in [6.45, 7) is 5.90. The first kappa shape index (κ1) is 17.3. The number of sulfonamides is 1. The van der Waals surface area contributed by atoms with Crippen LogP contribution in [0, 0.1) is 12.8 Å². The molecule has 1 aliphatic heterocycles. The lowest BCUT2D eigenvalue weighted by molar-refractivity contribution is 0.180. The van der Waals surface area contributed by atoms with E-state index in [-0.39, 0.29) is 11.7 Å². The molecule has 0 N–H and O–H groups in total. The molecule has 0 bridgehead atoms. The fourth-order valence-corrected chi connectivity index (χ4v) is 4.55. The van der Waals surface area contributed by atoms with Crippen molar-refractivity contribution in [2.45, 2.75) is 39.5 Å². The lowest BCUT2D eigenvalue weighted by Gasteiger charge is -2.31. The van der Waals surface area contributed by atoms with Crippen LogP contribution >= 0.6 is 0 Å². The maximum atomic E-state index is 12.3. The van der Waals surface area contributed by atoms with Gasteiger partial charge in [-0.05, 0) is 43.9 Å². The molecule has 0 saturated carbocycles. The lowest BCUT2D eigenvalue weighted by Crippen LogP contribution is -2.42. The number of unbranched alkanes of at least 4 members (excludes halogenated alkanes) is 1. The van der Waals surface area contributed by atoms with Gasteiger partial charge in [0.15, 0.2) is 0 Å². The normalized spacial score (nSPS) is 20.0. The molecular formula is C17H27NO3S. The average molecular weight is 325 g/mol. The van der Waals surface area contributed by atoms with Crippen LogP contribution in [0.5, 0.6) is 5.75 Å². The number of hydrogen-bond acceptors (Lipinski definition) is 3. The quantitative estimate of drug-likeness (QED) is 0.773. The molecule has 1 aromatic carbocycles. The number of aryl methyl sites for hydroxylation is 1. The highest BCUT2D eigenvalue weighted by molar-refractivity contribution is 7.89. The Morgan fingerprint density at radius 2 is 2.18 bits per heavy atom. The number of piperidine rings is 1. The molecule has 5 heteroatoms. The van der Waals surface area contributed by atoms with Gasteiger partial charge in [-0.1, -0.05) is 25.5 Å². The van der Waals surface area contributed by atoms with E-state index >= 15 is 0 Å². The highest BCUT2D eigenvalue weighted by Gasteiger charge is 2.28. The molecule has 1 aromatic rings. The fourth-order valence-electron chi connectivity index (χ4n) is 2.79. The number of hydrogen-bond donors (Lipinski definition) is 0. The molecule has 1 fully saturated rings. The minimum atomic E-state index is -3.09. The smallest absolute Gasteiger partial charge is 0.214 e. The Kier molecular flexibility index (Phi) is 6.26. The van der Waals surface area contributed by atoms with Gasteiger partial charge in [0.05, 0.1) is 12.4 Å². The molecular weight excluding hydrogens is 298 g/mol. The monoisotopic (exact) mass is 325 g/mol. The van der Waals surface area contributed by atoms with E-state index in [2.05, 4.69) is 0 Å². The number of rotatable bonds is 7. The van der Waals surface area contributed by atoms with Crippen molar-refractivity contribution in [2.75, 3.05) is 25.4 Å². The minimum Gasteiger partial charge on any atom is -0.493 e. The minimum absolute atomic E-state index is 0.273. The molecule has 2 rings (SSSR count). The van der Waals surface area contributed by atoms with Crippen molar-refractivity contribution in [3.63, 3.8) is 0 Å². The van der Waals surface area contributed by atoms with Crippen molar-refractivity contribution in [1.29, 1.82) is 0 Å². The van der Waals surface area contributed by atoms with Gasteiger partial charge in [0.25, 0.3) is 0 Å². The van der Waals surface area contributed by atoms with Crippen LogP contribution < -0.4 is 4.74 Å². The largest absolute Gasteiger partial charge is 0.493 e. The molecule has 0 amide bonds. The van der Waals surface area contributed by atoms with Crippen molar-refractivity contribution in [2.24, 2.45) is 5.92 Å². The molecule has 1 unspecified atom stereocenters. The fraction of sp³-hybridized carbons (Fsp3) is 0.647. The summed E-state index contributed by atoms with van der Waals surface area (Å²) < 4.78 is 32.1. The van der Waals surface area contributed by atoms with Gasteiger partial charge < -0.3 is 4.74 Å². The van der Waals surface area contributed by atoms with Crippen LogP contribution in [0.4, 0.5) is 0 Å². The maximum Gasteiger partial charge on any atom is 0.214 e. The second-order valence-electron chi connectivity index (χ2n) is 6.16. The molecule has 1 aliphatic rings. The molecule has 1 atom stereocenters. The molecule has 0 aliphatic carbocycles. The molecule has 0 spiro atoms. The topological polar surface area (TPSA) is 46.6 Å². The van der Waals surface area contributed by atoms with Crippen molar-refractivity contribution in [3.8, 4) is 5.75 Å². The van der Waals surface area contributed by atoms with Gasteiger partial charge in [-0.15, -0.1) is 0 Å². The van der Waals surface area contributed by atoms with Gasteiger partial charge in [0, 0.05) is 19.0 Å². The van der Waals surface area contributed by atoms with Crippen molar-refractivity contribution in [3.05, 3.63) is 29.8 Å². The van der Waals surface area contributed by atoms with Crippen molar-refractivity contribution < 1.29 is 13.2 Å². The Labute approximate surface area is 134 Å². The Morgan fingerprint density at radius 3 is 2.91 bits per heavy atom. The molecule has 1 heterocycles. The van der Waals surface area contributed by atoms with E-state index in [9.17, 15) is 8.42 Å². The summed E-state index contributed by atoms with van der Waals surface area (Å²) in [6.07, 6.45) is 3.61. The third kappa shape index (κ3) is 4.99. The van der Waals surface area contributed by atoms with E-state index in [1.165, 1.54) is 5.56 Å². The van der Waals surface area contributed by atoms with Gasteiger partial charge in [-0.2, -0.15) is 0 Å². The summed E-state index contributed by atoms with van der Waals surface area (Å²) in [5, 5.41) is 0. The van der Waals surface area contributed by atoms with E-state index in [0.29, 0.717) is 19.7 Å². The van der Waals surface area contributed by atoms with Gasteiger partial charge in [-0.25, -0.2) is 12.7 Å². The zero-order valence-corrected chi connectivity index (χ0v) is 14.4. The first-order valence-corrected chi connectivity index (χ1v) is 9.79. The Balaban J connectivity index is 1.88. The van der Waals surface area contributed by atoms with Crippen LogP contribution in [0.1, 0.15) is 38.2 Å². The summed E-state index contributed by atoms with van der Waals surface area (Å²) >= 11 is 0. The molecule has 124 valence electrons. The van der Waals surface area contributed by atoms with Gasteiger partial charge in [-0.3, -0.25) is 0 Å². The number of ether oxygens (including phenoxy) is 1. The van der Waals surface area contributed by atoms with Crippen molar-refractivity contribution in [1.82, 2.24) is 4.31 Å². The molecule has 4 nitrogen and oxygen atoms in total. The Morgan fingerprint density at radius 1 is 1.36 bits per heavy atom. The van der Waals surface area contributed by atoms with Gasteiger partial charge in [0.2, 0.25) is 10.0 Å². The number of benzene rings is 1. The second kappa shape index (κ2) is 7.97.